The predicted octanol–water partition coefficient (Wildman–Crippen LogP) is 3.19. The molecular formula is C16H16N4. The fourth-order valence-corrected chi connectivity index (χ4v) is 2.11. The Morgan fingerprint density at radius 1 is 1.10 bits per heavy atom. The highest BCUT2D eigenvalue weighted by molar-refractivity contribution is 5.44. The van der Waals surface area contributed by atoms with E-state index < -0.39 is 0 Å². The van der Waals surface area contributed by atoms with Gasteiger partial charge in [-0.25, -0.2) is 9.67 Å². The van der Waals surface area contributed by atoms with Crippen LogP contribution in [0, 0.1) is 6.92 Å². The number of hydrogen-bond donors (Lipinski definition) is 1. The standard InChI is InChI=1S/C16H16N4/c1-13-7-9-17-16(11-13)18-12-14-5-2-3-6-15(14)20-10-4-8-19-20/h2-11H,12H2,1H3,(H,17,18). The summed E-state index contributed by atoms with van der Waals surface area (Å²) in [6, 6.07) is 14.2. The molecule has 0 unspecified atom stereocenters. The largest absolute Gasteiger partial charge is 0.366 e. The first-order chi connectivity index (χ1) is 9.83. The van der Waals surface area contributed by atoms with E-state index >= 15 is 0 Å². The molecule has 1 N–H and O–H groups in total. The zero-order valence-corrected chi connectivity index (χ0v) is 11.3. The summed E-state index contributed by atoms with van der Waals surface area (Å²) >= 11 is 0. The summed E-state index contributed by atoms with van der Waals surface area (Å²) in [6.07, 6.45) is 5.55. The Balaban J connectivity index is 1.81. The van der Waals surface area contributed by atoms with Crippen molar-refractivity contribution in [3.8, 4) is 5.69 Å². The van der Waals surface area contributed by atoms with Gasteiger partial charge in [0.1, 0.15) is 5.82 Å². The van der Waals surface area contributed by atoms with Crippen LogP contribution in [0.1, 0.15) is 11.1 Å². The number of benzene rings is 1. The maximum atomic E-state index is 4.31. The molecule has 0 atom stereocenters. The summed E-state index contributed by atoms with van der Waals surface area (Å²) in [7, 11) is 0. The maximum absolute atomic E-state index is 4.31. The Kier molecular flexibility index (Phi) is 3.46. The number of aryl methyl sites for hydroxylation is 1. The number of nitrogens with zero attached hydrogens (tertiary/aromatic N) is 3. The molecule has 4 nitrogen and oxygen atoms in total. The highest BCUT2D eigenvalue weighted by atomic mass is 15.3. The summed E-state index contributed by atoms with van der Waals surface area (Å²) in [4.78, 5) is 4.31. The van der Waals surface area contributed by atoms with Gasteiger partial charge < -0.3 is 5.32 Å². The number of nitrogens with one attached hydrogen (secondary N) is 1. The van der Waals surface area contributed by atoms with Crippen LogP contribution in [0.25, 0.3) is 5.69 Å². The molecule has 0 fully saturated rings. The Labute approximate surface area is 118 Å². The van der Waals surface area contributed by atoms with Gasteiger partial charge in [0, 0.05) is 25.1 Å². The van der Waals surface area contributed by atoms with Crippen LogP contribution < -0.4 is 5.32 Å². The van der Waals surface area contributed by atoms with Crippen molar-refractivity contribution in [2.24, 2.45) is 0 Å². The molecule has 0 aliphatic heterocycles. The van der Waals surface area contributed by atoms with E-state index in [1.807, 2.05) is 47.4 Å². The molecule has 100 valence electrons. The molecule has 3 rings (SSSR count). The molecule has 1 aromatic carbocycles. The van der Waals surface area contributed by atoms with Crippen molar-refractivity contribution in [1.82, 2.24) is 14.8 Å². The van der Waals surface area contributed by atoms with Gasteiger partial charge in [-0.1, -0.05) is 18.2 Å². The number of aromatic nitrogens is 3. The topological polar surface area (TPSA) is 42.7 Å². The first-order valence-electron chi connectivity index (χ1n) is 6.57. The molecule has 0 amide bonds. The molecular weight excluding hydrogens is 248 g/mol. The lowest BCUT2D eigenvalue weighted by molar-refractivity contribution is 0.863. The Bertz CT molecular complexity index is 689. The second kappa shape index (κ2) is 5.57. The van der Waals surface area contributed by atoms with Crippen LogP contribution in [-0.4, -0.2) is 14.8 Å². The minimum Gasteiger partial charge on any atom is -0.366 e. The van der Waals surface area contributed by atoms with Crippen LogP contribution in [0.2, 0.25) is 0 Å². The van der Waals surface area contributed by atoms with Crippen molar-refractivity contribution in [2.45, 2.75) is 13.5 Å². The minimum absolute atomic E-state index is 0.715. The molecule has 20 heavy (non-hydrogen) atoms. The van der Waals surface area contributed by atoms with Gasteiger partial charge in [0.2, 0.25) is 0 Å². The van der Waals surface area contributed by atoms with Crippen LogP contribution in [0.5, 0.6) is 0 Å². The molecule has 0 saturated carbocycles. The van der Waals surface area contributed by atoms with Gasteiger partial charge in [-0.2, -0.15) is 5.10 Å². The van der Waals surface area contributed by atoms with Crippen molar-refractivity contribution in [3.63, 3.8) is 0 Å². The Morgan fingerprint density at radius 3 is 2.80 bits per heavy atom. The van der Waals surface area contributed by atoms with Crippen LogP contribution in [-0.2, 0) is 6.54 Å². The van der Waals surface area contributed by atoms with E-state index in [9.17, 15) is 0 Å². The van der Waals surface area contributed by atoms with E-state index in [0.717, 1.165) is 11.5 Å². The summed E-state index contributed by atoms with van der Waals surface area (Å²) in [5.41, 5.74) is 3.46. The lowest BCUT2D eigenvalue weighted by Gasteiger charge is -2.11. The zero-order chi connectivity index (χ0) is 13.8. The lowest BCUT2D eigenvalue weighted by atomic mass is 10.1. The summed E-state index contributed by atoms with van der Waals surface area (Å²) in [5.74, 6) is 0.889. The Hall–Kier alpha value is -2.62. The highest BCUT2D eigenvalue weighted by Crippen LogP contribution is 2.15. The fourth-order valence-electron chi connectivity index (χ4n) is 2.11. The molecule has 0 aliphatic carbocycles. The van der Waals surface area contributed by atoms with E-state index in [4.69, 9.17) is 0 Å². The SMILES string of the molecule is Cc1ccnc(NCc2ccccc2-n2cccn2)c1. The van der Waals surface area contributed by atoms with Crippen molar-refractivity contribution >= 4 is 5.82 Å². The van der Waals surface area contributed by atoms with Crippen LogP contribution in [0.15, 0.2) is 61.1 Å². The molecule has 3 aromatic rings. The lowest BCUT2D eigenvalue weighted by Crippen LogP contribution is -2.06. The van der Waals surface area contributed by atoms with Crippen LogP contribution in [0.4, 0.5) is 5.82 Å². The quantitative estimate of drug-likeness (QED) is 0.787. The molecule has 4 heteroatoms. The molecule has 2 aromatic heterocycles. The normalized spacial score (nSPS) is 10.4. The molecule has 0 radical (unpaired) electrons. The third kappa shape index (κ3) is 2.69. The van der Waals surface area contributed by atoms with E-state index in [-0.39, 0.29) is 0 Å². The predicted molar refractivity (Wildman–Crippen MR) is 79.9 cm³/mol. The van der Waals surface area contributed by atoms with Gasteiger partial charge in [-0.05, 0) is 42.3 Å². The first-order valence-corrected chi connectivity index (χ1v) is 6.57. The average Bonchev–Trinajstić information content (AvgIpc) is 3.00. The molecule has 0 aliphatic rings. The maximum Gasteiger partial charge on any atom is 0.126 e. The monoisotopic (exact) mass is 264 g/mol. The molecule has 0 saturated heterocycles. The third-order valence-corrected chi connectivity index (χ3v) is 3.12. The van der Waals surface area contributed by atoms with Gasteiger partial charge in [-0.15, -0.1) is 0 Å². The summed E-state index contributed by atoms with van der Waals surface area (Å²) in [5, 5.41) is 7.64. The van der Waals surface area contributed by atoms with Gasteiger partial charge in [-0.3, -0.25) is 0 Å². The van der Waals surface area contributed by atoms with Crippen LogP contribution in [0.3, 0.4) is 0 Å². The average molecular weight is 264 g/mol. The van der Waals surface area contributed by atoms with Crippen LogP contribution >= 0.6 is 0 Å². The number of para-hydroxylation sites is 1. The zero-order valence-electron chi connectivity index (χ0n) is 11.3. The van der Waals surface area contributed by atoms with Gasteiger partial charge in [0.05, 0.1) is 5.69 Å². The van der Waals surface area contributed by atoms with Crippen molar-refractivity contribution in [3.05, 3.63) is 72.2 Å². The number of pyridine rings is 1. The van der Waals surface area contributed by atoms with E-state index in [1.165, 1.54) is 11.1 Å². The second-order valence-electron chi connectivity index (χ2n) is 4.65. The second-order valence-corrected chi connectivity index (χ2v) is 4.65. The number of rotatable bonds is 4. The molecule has 0 spiro atoms. The van der Waals surface area contributed by atoms with E-state index in [2.05, 4.69) is 34.5 Å². The molecule has 0 bridgehead atoms. The molecule has 2 heterocycles. The van der Waals surface area contributed by atoms with Gasteiger partial charge in [0.25, 0.3) is 0 Å². The van der Waals surface area contributed by atoms with Crippen molar-refractivity contribution in [2.75, 3.05) is 5.32 Å². The number of hydrogen-bond acceptors (Lipinski definition) is 3. The first kappa shape index (κ1) is 12.4. The fraction of sp³-hybridized carbons (Fsp3) is 0.125. The third-order valence-electron chi connectivity index (χ3n) is 3.12. The van der Waals surface area contributed by atoms with Crippen molar-refractivity contribution < 1.29 is 0 Å². The van der Waals surface area contributed by atoms with Gasteiger partial charge >= 0.3 is 0 Å². The summed E-state index contributed by atoms with van der Waals surface area (Å²) < 4.78 is 1.88. The van der Waals surface area contributed by atoms with E-state index in [0.29, 0.717) is 6.54 Å². The van der Waals surface area contributed by atoms with Crippen molar-refractivity contribution in [1.29, 1.82) is 0 Å². The smallest absolute Gasteiger partial charge is 0.126 e. The number of anilines is 1. The minimum atomic E-state index is 0.715. The van der Waals surface area contributed by atoms with Gasteiger partial charge in [0.15, 0.2) is 0 Å². The van der Waals surface area contributed by atoms with E-state index in [1.54, 1.807) is 6.20 Å². The Morgan fingerprint density at radius 2 is 2.00 bits per heavy atom. The summed E-state index contributed by atoms with van der Waals surface area (Å²) in [6.45, 7) is 2.77. The highest BCUT2D eigenvalue weighted by Gasteiger charge is 2.04.